The lowest BCUT2D eigenvalue weighted by Gasteiger charge is -2.29. The van der Waals surface area contributed by atoms with Crippen molar-refractivity contribution in [3.8, 4) is 6.07 Å². The highest BCUT2D eigenvalue weighted by Gasteiger charge is 2.14. The Hall–Kier alpha value is -1.57. The number of methoxy groups -OCH3 is 1. The highest BCUT2D eigenvalue weighted by molar-refractivity contribution is 5.49. The Morgan fingerprint density at radius 3 is 2.56 bits per heavy atom. The number of likely N-dealkylation sites (N-methyl/N-ethyl adjacent to an activating group) is 1. The molecule has 1 aromatic carbocycles. The van der Waals surface area contributed by atoms with Gasteiger partial charge in [0.2, 0.25) is 0 Å². The van der Waals surface area contributed by atoms with Gasteiger partial charge in [-0.2, -0.15) is 5.26 Å². The van der Waals surface area contributed by atoms with Crippen LogP contribution >= 0.6 is 0 Å². The summed E-state index contributed by atoms with van der Waals surface area (Å²) in [4.78, 5) is 2.18. The summed E-state index contributed by atoms with van der Waals surface area (Å²) in [5.74, 6) is 0. The van der Waals surface area contributed by atoms with Gasteiger partial charge in [0.15, 0.2) is 0 Å². The highest BCUT2D eigenvalue weighted by Crippen LogP contribution is 2.18. The zero-order chi connectivity index (χ0) is 13.4. The average Bonchev–Trinajstić information content (AvgIpc) is 2.43. The number of hydrogen-bond acceptors (Lipinski definition) is 4. The van der Waals surface area contributed by atoms with E-state index >= 15 is 0 Å². The van der Waals surface area contributed by atoms with Crippen molar-refractivity contribution < 1.29 is 4.74 Å². The van der Waals surface area contributed by atoms with E-state index in [9.17, 15) is 0 Å². The van der Waals surface area contributed by atoms with Gasteiger partial charge in [-0.3, -0.25) is 0 Å². The molecule has 4 nitrogen and oxygen atoms in total. The minimum Gasteiger partial charge on any atom is -0.383 e. The fraction of sp³-hybridized carbons (Fsp3) is 0.500. The van der Waals surface area contributed by atoms with Crippen LogP contribution in [0.3, 0.4) is 0 Å². The van der Waals surface area contributed by atoms with Crippen molar-refractivity contribution in [1.29, 1.82) is 5.26 Å². The third-order valence-corrected chi connectivity index (χ3v) is 3.05. The standard InChI is InChI=1S/C14H21N3O/c1-17(14(11-18-2)4-3-9-15)13-7-5-12(10-16)6-8-13/h5-8,14H,3-4,9,11,15H2,1-2H3. The minimum absolute atomic E-state index is 0.312. The molecule has 1 rings (SSSR count). The molecule has 0 amide bonds. The topological polar surface area (TPSA) is 62.3 Å². The molecule has 18 heavy (non-hydrogen) atoms. The predicted molar refractivity (Wildman–Crippen MR) is 73.5 cm³/mol. The van der Waals surface area contributed by atoms with Crippen LogP contribution in [0.1, 0.15) is 18.4 Å². The van der Waals surface area contributed by atoms with Gasteiger partial charge in [-0.15, -0.1) is 0 Å². The largest absolute Gasteiger partial charge is 0.383 e. The summed E-state index contributed by atoms with van der Waals surface area (Å²) in [7, 11) is 3.75. The van der Waals surface area contributed by atoms with Gasteiger partial charge in [0.05, 0.1) is 24.3 Å². The second kappa shape index (κ2) is 7.70. The number of hydrogen-bond donors (Lipinski definition) is 1. The van der Waals surface area contributed by atoms with Crippen LogP contribution in [-0.2, 0) is 4.74 Å². The molecule has 0 aromatic heterocycles. The second-order valence-corrected chi connectivity index (χ2v) is 4.31. The molecule has 0 aliphatic carbocycles. The first-order valence-corrected chi connectivity index (χ1v) is 6.15. The molecule has 0 spiro atoms. The number of rotatable bonds is 7. The molecule has 0 heterocycles. The van der Waals surface area contributed by atoms with Gasteiger partial charge in [0, 0.05) is 19.8 Å². The third-order valence-electron chi connectivity index (χ3n) is 3.05. The number of benzene rings is 1. The van der Waals surface area contributed by atoms with Crippen molar-refractivity contribution in [2.24, 2.45) is 5.73 Å². The summed E-state index contributed by atoms with van der Waals surface area (Å²) in [5, 5.41) is 8.78. The SMILES string of the molecule is COCC(CCCN)N(C)c1ccc(C#N)cc1. The lowest BCUT2D eigenvalue weighted by Crippen LogP contribution is -2.35. The first-order valence-electron chi connectivity index (χ1n) is 6.15. The van der Waals surface area contributed by atoms with Crippen molar-refractivity contribution in [2.45, 2.75) is 18.9 Å². The molecule has 0 saturated heterocycles. The monoisotopic (exact) mass is 247 g/mol. The summed E-state index contributed by atoms with van der Waals surface area (Å²) < 4.78 is 5.25. The minimum atomic E-state index is 0.312. The number of nitriles is 1. The van der Waals surface area contributed by atoms with Crippen LogP contribution in [0.25, 0.3) is 0 Å². The Kier molecular flexibility index (Phi) is 6.20. The molecule has 4 heteroatoms. The van der Waals surface area contributed by atoms with Gasteiger partial charge >= 0.3 is 0 Å². The van der Waals surface area contributed by atoms with Gasteiger partial charge in [0.1, 0.15) is 0 Å². The molecule has 0 fully saturated rings. The van der Waals surface area contributed by atoms with Crippen LogP contribution in [0.2, 0.25) is 0 Å². The first kappa shape index (κ1) is 14.5. The van der Waals surface area contributed by atoms with E-state index in [1.54, 1.807) is 7.11 Å². The quantitative estimate of drug-likeness (QED) is 0.797. The van der Waals surface area contributed by atoms with E-state index in [0.717, 1.165) is 18.5 Å². The second-order valence-electron chi connectivity index (χ2n) is 4.31. The van der Waals surface area contributed by atoms with Crippen LogP contribution in [0.4, 0.5) is 5.69 Å². The molecule has 0 saturated carbocycles. The van der Waals surface area contributed by atoms with Crippen LogP contribution < -0.4 is 10.6 Å². The Morgan fingerprint density at radius 2 is 2.06 bits per heavy atom. The predicted octanol–water partition coefficient (Wildman–Crippen LogP) is 1.75. The summed E-state index contributed by atoms with van der Waals surface area (Å²) in [6.07, 6.45) is 1.98. The molecule has 0 aliphatic rings. The van der Waals surface area contributed by atoms with E-state index in [4.69, 9.17) is 15.7 Å². The molecule has 0 bridgehead atoms. The van der Waals surface area contributed by atoms with Crippen molar-refractivity contribution in [3.05, 3.63) is 29.8 Å². The summed E-state index contributed by atoms with van der Waals surface area (Å²) in [5.41, 5.74) is 7.32. The zero-order valence-electron chi connectivity index (χ0n) is 11.1. The van der Waals surface area contributed by atoms with Gasteiger partial charge in [-0.25, -0.2) is 0 Å². The van der Waals surface area contributed by atoms with Gasteiger partial charge in [-0.1, -0.05) is 0 Å². The first-order chi connectivity index (χ1) is 8.72. The smallest absolute Gasteiger partial charge is 0.0991 e. The maximum Gasteiger partial charge on any atom is 0.0991 e. The maximum absolute atomic E-state index is 8.78. The van der Waals surface area contributed by atoms with E-state index in [-0.39, 0.29) is 0 Å². The van der Waals surface area contributed by atoms with E-state index in [1.165, 1.54) is 0 Å². The summed E-state index contributed by atoms with van der Waals surface area (Å²) in [6.45, 7) is 1.37. The number of nitrogens with two attached hydrogens (primary N) is 1. The van der Waals surface area contributed by atoms with Gasteiger partial charge in [-0.05, 0) is 43.7 Å². The van der Waals surface area contributed by atoms with Crippen molar-refractivity contribution in [3.63, 3.8) is 0 Å². The van der Waals surface area contributed by atoms with Crippen LogP contribution in [0, 0.1) is 11.3 Å². The molecular weight excluding hydrogens is 226 g/mol. The van der Waals surface area contributed by atoms with Crippen molar-refractivity contribution in [2.75, 3.05) is 32.2 Å². The Balaban J connectivity index is 2.73. The van der Waals surface area contributed by atoms with Crippen molar-refractivity contribution in [1.82, 2.24) is 0 Å². The number of ether oxygens (including phenoxy) is 1. The number of nitrogens with zero attached hydrogens (tertiary/aromatic N) is 2. The van der Waals surface area contributed by atoms with Crippen LogP contribution in [0.5, 0.6) is 0 Å². The van der Waals surface area contributed by atoms with E-state index in [1.807, 2.05) is 31.3 Å². The normalized spacial score (nSPS) is 11.9. The molecule has 1 aromatic rings. The van der Waals surface area contributed by atoms with E-state index < -0.39 is 0 Å². The maximum atomic E-state index is 8.78. The molecule has 98 valence electrons. The van der Waals surface area contributed by atoms with Gasteiger partial charge < -0.3 is 15.4 Å². The Labute approximate surface area is 109 Å². The number of anilines is 1. The van der Waals surface area contributed by atoms with Crippen LogP contribution in [-0.4, -0.2) is 33.4 Å². The Bertz CT molecular complexity index is 383. The molecule has 0 radical (unpaired) electrons. The molecule has 0 aliphatic heterocycles. The molecule has 1 unspecified atom stereocenters. The van der Waals surface area contributed by atoms with Crippen molar-refractivity contribution >= 4 is 5.69 Å². The van der Waals surface area contributed by atoms with E-state index in [2.05, 4.69) is 11.0 Å². The van der Waals surface area contributed by atoms with Gasteiger partial charge in [0.25, 0.3) is 0 Å². The highest BCUT2D eigenvalue weighted by atomic mass is 16.5. The molecular formula is C14H21N3O. The molecule has 1 atom stereocenters. The van der Waals surface area contributed by atoms with E-state index in [0.29, 0.717) is 24.8 Å². The Morgan fingerprint density at radius 1 is 1.39 bits per heavy atom. The lowest BCUT2D eigenvalue weighted by atomic mass is 10.1. The zero-order valence-corrected chi connectivity index (χ0v) is 11.1. The molecule has 2 N–H and O–H groups in total. The lowest BCUT2D eigenvalue weighted by molar-refractivity contribution is 0.174. The fourth-order valence-electron chi connectivity index (χ4n) is 1.92. The summed E-state index contributed by atoms with van der Waals surface area (Å²) in [6, 6.07) is 10.0. The summed E-state index contributed by atoms with van der Waals surface area (Å²) >= 11 is 0. The average molecular weight is 247 g/mol. The van der Waals surface area contributed by atoms with Crippen LogP contribution in [0.15, 0.2) is 24.3 Å². The third kappa shape index (κ3) is 4.02. The fourth-order valence-corrected chi connectivity index (χ4v) is 1.92.